The Morgan fingerprint density at radius 1 is 1.33 bits per heavy atom. The van der Waals surface area contributed by atoms with Gasteiger partial charge in [0.05, 0.1) is 0 Å². The fraction of sp³-hybridized carbons (Fsp3) is 1.00. The summed E-state index contributed by atoms with van der Waals surface area (Å²) in [6.07, 6.45) is 3.97. The molecule has 1 unspecified atom stereocenters. The van der Waals surface area contributed by atoms with Crippen LogP contribution in [0, 0.1) is 17.8 Å². The van der Waals surface area contributed by atoms with Gasteiger partial charge in [-0.1, -0.05) is 27.2 Å². The SMILES string of the molecule is CC(C)C1CC[C@H](C)C[C@H]1NN. The van der Waals surface area contributed by atoms with Crippen LogP contribution >= 0.6 is 0 Å². The van der Waals surface area contributed by atoms with Crippen LogP contribution in [0.15, 0.2) is 0 Å². The summed E-state index contributed by atoms with van der Waals surface area (Å²) in [5.74, 6) is 7.94. The molecule has 0 aromatic heterocycles. The van der Waals surface area contributed by atoms with Crippen LogP contribution in [0.1, 0.15) is 40.0 Å². The monoisotopic (exact) mass is 170 g/mol. The standard InChI is InChI=1S/C10H22N2/c1-7(2)9-5-4-8(3)6-10(9)12-11/h7-10,12H,4-6,11H2,1-3H3/t8-,9?,10+/m0/s1. The van der Waals surface area contributed by atoms with Gasteiger partial charge in [0, 0.05) is 6.04 Å². The van der Waals surface area contributed by atoms with Gasteiger partial charge < -0.3 is 0 Å². The summed E-state index contributed by atoms with van der Waals surface area (Å²) < 4.78 is 0. The van der Waals surface area contributed by atoms with Crippen molar-refractivity contribution in [1.82, 2.24) is 5.43 Å². The average molecular weight is 170 g/mol. The molecule has 1 saturated carbocycles. The minimum absolute atomic E-state index is 0.550. The summed E-state index contributed by atoms with van der Waals surface area (Å²) >= 11 is 0. The molecule has 1 aliphatic carbocycles. The van der Waals surface area contributed by atoms with Gasteiger partial charge in [0.25, 0.3) is 0 Å². The van der Waals surface area contributed by atoms with Gasteiger partial charge in [-0.15, -0.1) is 0 Å². The van der Waals surface area contributed by atoms with Crippen molar-refractivity contribution in [1.29, 1.82) is 0 Å². The van der Waals surface area contributed by atoms with Crippen LogP contribution in [0.5, 0.6) is 0 Å². The van der Waals surface area contributed by atoms with Gasteiger partial charge in [0.15, 0.2) is 0 Å². The summed E-state index contributed by atoms with van der Waals surface area (Å²) in [7, 11) is 0. The van der Waals surface area contributed by atoms with Gasteiger partial charge in [-0.2, -0.15) is 0 Å². The molecule has 3 N–H and O–H groups in total. The lowest BCUT2D eigenvalue weighted by molar-refractivity contribution is 0.171. The molecule has 0 heterocycles. The molecule has 1 rings (SSSR count). The Bertz CT molecular complexity index is 134. The molecule has 12 heavy (non-hydrogen) atoms. The summed E-state index contributed by atoms with van der Waals surface area (Å²) in [6.45, 7) is 6.91. The highest BCUT2D eigenvalue weighted by Crippen LogP contribution is 2.32. The molecule has 0 amide bonds. The fourth-order valence-corrected chi connectivity index (χ4v) is 2.39. The molecule has 0 aliphatic heterocycles. The van der Waals surface area contributed by atoms with E-state index in [0.717, 1.165) is 17.8 Å². The zero-order chi connectivity index (χ0) is 9.14. The molecule has 3 atom stereocenters. The van der Waals surface area contributed by atoms with Gasteiger partial charge in [0.1, 0.15) is 0 Å². The number of nitrogens with two attached hydrogens (primary N) is 1. The molecule has 0 aromatic rings. The average Bonchev–Trinajstić information content (AvgIpc) is 2.03. The van der Waals surface area contributed by atoms with Gasteiger partial charge >= 0.3 is 0 Å². The molecule has 0 radical (unpaired) electrons. The molecule has 2 heteroatoms. The molecular weight excluding hydrogens is 148 g/mol. The Morgan fingerprint density at radius 2 is 2.00 bits per heavy atom. The fourth-order valence-electron chi connectivity index (χ4n) is 2.39. The number of hydrogen-bond acceptors (Lipinski definition) is 2. The third-order valence-electron chi connectivity index (χ3n) is 3.24. The highest BCUT2D eigenvalue weighted by Gasteiger charge is 2.29. The second-order valence-electron chi connectivity index (χ2n) is 4.60. The molecule has 0 aromatic carbocycles. The van der Waals surface area contributed by atoms with Crippen LogP contribution < -0.4 is 11.3 Å². The maximum atomic E-state index is 5.54. The Balaban J connectivity index is 2.50. The van der Waals surface area contributed by atoms with E-state index in [0.29, 0.717) is 6.04 Å². The van der Waals surface area contributed by atoms with E-state index in [-0.39, 0.29) is 0 Å². The van der Waals surface area contributed by atoms with E-state index in [4.69, 9.17) is 5.84 Å². The van der Waals surface area contributed by atoms with E-state index < -0.39 is 0 Å². The highest BCUT2D eigenvalue weighted by atomic mass is 15.2. The van der Waals surface area contributed by atoms with Crippen LogP contribution in [-0.4, -0.2) is 6.04 Å². The van der Waals surface area contributed by atoms with Crippen molar-refractivity contribution >= 4 is 0 Å². The van der Waals surface area contributed by atoms with Crippen molar-refractivity contribution in [2.45, 2.75) is 46.1 Å². The van der Waals surface area contributed by atoms with Crippen molar-refractivity contribution in [3.8, 4) is 0 Å². The van der Waals surface area contributed by atoms with Gasteiger partial charge in [-0.25, -0.2) is 0 Å². The predicted molar refractivity (Wildman–Crippen MR) is 52.5 cm³/mol. The van der Waals surface area contributed by atoms with Crippen LogP contribution in [0.4, 0.5) is 0 Å². The quantitative estimate of drug-likeness (QED) is 0.491. The zero-order valence-electron chi connectivity index (χ0n) is 8.51. The van der Waals surface area contributed by atoms with Crippen LogP contribution in [0.25, 0.3) is 0 Å². The van der Waals surface area contributed by atoms with Gasteiger partial charge in [-0.05, 0) is 30.6 Å². The van der Waals surface area contributed by atoms with Crippen molar-refractivity contribution < 1.29 is 0 Å². The summed E-state index contributed by atoms with van der Waals surface area (Å²) in [5.41, 5.74) is 2.97. The molecule has 72 valence electrons. The van der Waals surface area contributed by atoms with Crippen LogP contribution in [-0.2, 0) is 0 Å². The van der Waals surface area contributed by atoms with E-state index in [2.05, 4.69) is 26.2 Å². The Kier molecular flexibility index (Phi) is 3.53. The summed E-state index contributed by atoms with van der Waals surface area (Å²) in [6, 6.07) is 0.550. The molecular formula is C10H22N2. The maximum Gasteiger partial charge on any atom is 0.0243 e. The smallest absolute Gasteiger partial charge is 0.0243 e. The highest BCUT2D eigenvalue weighted by molar-refractivity contribution is 4.83. The minimum Gasteiger partial charge on any atom is -0.271 e. The van der Waals surface area contributed by atoms with E-state index in [1.54, 1.807) is 0 Å². The molecule has 0 spiro atoms. The first-order chi connectivity index (χ1) is 5.65. The predicted octanol–water partition coefficient (Wildman–Crippen LogP) is 1.91. The van der Waals surface area contributed by atoms with E-state index in [9.17, 15) is 0 Å². The first-order valence-corrected chi connectivity index (χ1v) is 5.11. The van der Waals surface area contributed by atoms with Crippen molar-refractivity contribution in [3.63, 3.8) is 0 Å². The normalized spacial score (nSPS) is 37.2. The zero-order valence-corrected chi connectivity index (χ0v) is 8.51. The van der Waals surface area contributed by atoms with E-state index >= 15 is 0 Å². The third-order valence-corrected chi connectivity index (χ3v) is 3.24. The number of nitrogens with one attached hydrogen (secondary N) is 1. The lowest BCUT2D eigenvalue weighted by Crippen LogP contribution is -2.46. The molecule has 1 aliphatic rings. The van der Waals surface area contributed by atoms with Crippen molar-refractivity contribution in [2.24, 2.45) is 23.6 Å². The first-order valence-electron chi connectivity index (χ1n) is 5.11. The topological polar surface area (TPSA) is 38.0 Å². The summed E-state index contributed by atoms with van der Waals surface area (Å²) in [5, 5.41) is 0. The first kappa shape index (κ1) is 10.0. The van der Waals surface area contributed by atoms with E-state index in [1.807, 2.05) is 0 Å². The number of rotatable bonds is 2. The maximum absolute atomic E-state index is 5.54. The van der Waals surface area contributed by atoms with E-state index in [1.165, 1.54) is 19.3 Å². The Morgan fingerprint density at radius 3 is 2.50 bits per heavy atom. The largest absolute Gasteiger partial charge is 0.271 e. The van der Waals surface area contributed by atoms with Crippen molar-refractivity contribution in [2.75, 3.05) is 0 Å². The van der Waals surface area contributed by atoms with Crippen LogP contribution in [0.2, 0.25) is 0 Å². The number of hydrogen-bond donors (Lipinski definition) is 2. The van der Waals surface area contributed by atoms with Crippen molar-refractivity contribution in [3.05, 3.63) is 0 Å². The molecule has 2 nitrogen and oxygen atoms in total. The van der Waals surface area contributed by atoms with Crippen LogP contribution in [0.3, 0.4) is 0 Å². The lowest BCUT2D eigenvalue weighted by Gasteiger charge is -2.36. The van der Waals surface area contributed by atoms with Gasteiger partial charge in [-0.3, -0.25) is 11.3 Å². The number of hydrazine groups is 1. The Hall–Kier alpha value is -0.0800. The van der Waals surface area contributed by atoms with Gasteiger partial charge in [0.2, 0.25) is 0 Å². The third kappa shape index (κ3) is 2.20. The Labute approximate surface area is 75.9 Å². The second-order valence-corrected chi connectivity index (χ2v) is 4.60. The minimum atomic E-state index is 0.550. The molecule has 1 fully saturated rings. The molecule has 0 saturated heterocycles. The lowest BCUT2D eigenvalue weighted by atomic mass is 9.74. The summed E-state index contributed by atoms with van der Waals surface area (Å²) in [4.78, 5) is 0. The second kappa shape index (κ2) is 4.24. The molecule has 0 bridgehead atoms.